The number of ether oxygens (including phenoxy) is 6. The molecule has 0 saturated heterocycles. The zero-order chi connectivity index (χ0) is 24.3. The number of aliphatic hydroxyl groups excluding tert-OH is 2. The number of hydrogen-bond acceptors (Lipinski definition) is 15. The molecule has 0 rings (SSSR count). The number of allylic oxidation sites excluding steroid dienone is 2. The zero-order valence-corrected chi connectivity index (χ0v) is 18.7. The van der Waals surface area contributed by atoms with Gasteiger partial charge in [-0.15, -0.1) is 0 Å². The quantitative estimate of drug-likeness (QED) is 0.0937. The maximum absolute atomic E-state index is 12.2. The van der Waals surface area contributed by atoms with Crippen molar-refractivity contribution in [2.75, 3.05) is 48.2 Å². The van der Waals surface area contributed by atoms with Crippen LogP contribution in [0.2, 0.25) is 0 Å². The highest BCUT2D eigenvalue weighted by atomic mass is 31.2. The Morgan fingerprint density at radius 2 is 1.42 bits per heavy atom. The first-order chi connectivity index (χ1) is 14.6. The van der Waals surface area contributed by atoms with Crippen molar-refractivity contribution in [3.8, 4) is 0 Å². The minimum absolute atomic E-state index is 0.0848. The Kier molecular flexibility index (Phi) is 19.1. The molecule has 184 valence electrons. The highest BCUT2D eigenvalue weighted by molar-refractivity contribution is 7.54. The molecule has 16 heteroatoms. The minimum atomic E-state index is -3.62. The van der Waals surface area contributed by atoms with Gasteiger partial charge in [-0.05, 0) is 6.92 Å². The first-order valence-electron chi connectivity index (χ1n) is 8.36. The first kappa shape index (κ1) is 31.4. The fraction of sp³-hybridized carbons (Fsp3) is 0.733. The molecule has 15 nitrogen and oxygen atoms in total. The Balaban J connectivity index is 0. The summed E-state index contributed by atoms with van der Waals surface area (Å²) in [6, 6.07) is 0. The Labute approximate surface area is 179 Å². The lowest BCUT2D eigenvalue weighted by Crippen LogP contribution is -2.46. The lowest BCUT2D eigenvalue weighted by Gasteiger charge is -2.22. The molecule has 0 fully saturated rings. The second kappa shape index (κ2) is 18.9. The molecular weight excluding hydrogens is 449 g/mol. The van der Waals surface area contributed by atoms with E-state index in [0.29, 0.717) is 0 Å². The average Bonchev–Trinajstić information content (AvgIpc) is 2.77. The smallest absolute Gasteiger partial charge is 0.438 e. The van der Waals surface area contributed by atoms with Gasteiger partial charge in [-0.3, -0.25) is 13.6 Å². The van der Waals surface area contributed by atoms with Gasteiger partial charge in [0.25, 0.3) is 0 Å². The first-order valence-corrected chi connectivity index (χ1v) is 10.1. The van der Waals surface area contributed by atoms with Gasteiger partial charge < -0.3 is 43.8 Å². The highest BCUT2D eigenvalue weighted by Gasteiger charge is 2.26. The molecule has 0 aliphatic rings. The molecule has 2 unspecified atom stereocenters. The largest absolute Gasteiger partial charge is 0.510 e. The van der Waals surface area contributed by atoms with Crippen molar-refractivity contribution in [1.82, 2.24) is 5.48 Å². The summed E-state index contributed by atoms with van der Waals surface area (Å²) in [6.07, 6.45) is -2.71. The normalized spacial score (nSPS) is 13.2. The molecule has 2 atom stereocenters. The van der Waals surface area contributed by atoms with Gasteiger partial charge >= 0.3 is 19.9 Å². The molecule has 31 heavy (non-hydrogen) atoms. The molecule has 0 bridgehead atoms. The molecule has 0 aromatic heterocycles. The summed E-state index contributed by atoms with van der Waals surface area (Å²) in [4.78, 5) is 21.4. The predicted octanol–water partition coefficient (Wildman–Crippen LogP) is 0.533. The highest BCUT2D eigenvalue weighted by Crippen LogP contribution is 2.48. The van der Waals surface area contributed by atoms with E-state index in [9.17, 15) is 14.2 Å². The van der Waals surface area contributed by atoms with Gasteiger partial charge in [-0.25, -0.2) is 9.59 Å². The monoisotopic (exact) mass is 479 g/mol. The van der Waals surface area contributed by atoms with Crippen LogP contribution in [0.3, 0.4) is 0 Å². The van der Waals surface area contributed by atoms with Crippen LogP contribution in [0.15, 0.2) is 12.2 Å². The van der Waals surface area contributed by atoms with Crippen LogP contribution in [-0.4, -0.2) is 94.5 Å². The summed E-state index contributed by atoms with van der Waals surface area (Å²) >= 11 is 0. The second-order valence-electron chi connectivity index (χ2n) is 4.96. The van der Waals surface area contributed by atoms with E-state index in [1.165, 1.54) is 25.8 Å². The van der Waals surface area contributed by atoms with Crippen LogP contribution in [0, 0.1) is 0 Å². The molecular formula is C15H30NO14P. The Bertz CT molecular complexity index is 530. The van der Waals surface area contributed by atoms with Crippen molar-refractivity contribution < 1.29 is 67.0 Å². The summed E-state index contributed by atoms with van der Waals surface area (Å²) < 4.78 is 48.3. The number of aliphatic hydroxyl groups is 2. The standard InChI is InChI=1S/C10H17O9P.C5H13NO5/c1-4-5-6-20(13,18-7-16-9(11)14-2)19-8-17-10(12)15-3;1-10-5(11-2)3(7)4(8)6-9/h4-5H,6-8H2,1-3H3;3-9H,1-2H3/b5-4-;. The average molecular weight is 479 g/mol. The van der Waals surface area contributed by atoms with Gasteiger partial charge in [0.15, 0.2) is 12.5 Å². The third kappa shape index (κ3) is 15.6. The van der Waals surface area contributed by atoms with Crippen LogP contribution in [-0.2, 0) is 42.0 Å². The zero-order valence-electron chi connectivity index (χ0n) is 17.8. The fourth-order valence-electron chi connectivity index (χ4n) is 1.40. The van der Waals surface area contributed by atoms with Crippen LogP contribution >= 0.6 is 7.60 Å². The Morgan fingerprint density at radius 3 is 1.74 bits per heavy atom. The molecule has 0 amide bonds. The predicted molar refractivity (Wildman–Crippen MR) is 101 cm³/mol. The molecule has 4 N–H and O–H groups in total. The van der Waals surface area contributed by atoms with E-state index in [-0.39, 0.29) is 6.16 Å². The van der Waals surface area contributed by atoms with Crippen LogP contribution in [0.4, 0.5) is 9.59 Å². The molecule has 0 heterocycles. The maximum atomic E-state index is 12.2. The summed E-state index contributed by atoms with van der Waals surface area (Å²) in [6.45, 7) is 0.458. The van der Waals surface area contributed by atoms with Crippen molar-refractivity contribution >= 4 is 19.9 Å². The van der Waals surface area contributed by atoms with E-state index in [1.54, 1.807) is 13.0 Å². The van der Waals surface area contributed by atoms with Crippen LogP contribution in [0.25, 0.3) is 0 Å². The summed E-state index contributed by atoms with van der Waals surface area (Å²) in [5, 5.41) is 26.0. The van der Waals surface area contributed by atoms with E-state index >= 15 is 0 Å². The minimum Gasteiger partial charge on any atom is -0.438 e. The molecule has 0 saturated carbocycles. The topological polar surface area (TPSA) is 198 Å². The fourth-order valence-corrected chi connectivity index (χ4v) is 2.59. The Morgan fingerprint density at radius 1 is 0.968 bits per heavy atom. The van der Waals surface area contributed by atoms with E-state index in [1.807, 2.05) is 0 Å². The number of methoxy groups -OCH3 is 4. The Hall–Kier alpha value is -1.81. The van der Waals surface area contributed by atoms with Crippen LogP contribution in [0.5, 0.6) is 0 Å². The summed E-state index contributed by atoms with van der Waals surface area (Å²) in [5.74, 6) is 0. The van der Waals surface area contributed by atoms with E-state index in [0.717, 1.165) is 14.2 Å². The SMILES string of the molecule is C/C=C\CP(=O)(OCOC(=O)OC)OCOC(=O)OC.COC(OC)C(O)C(O)NO. The van der Waals surface area contributed by atoms with Crippen LogP contribution in [0.1, 0.15) is 6.92 Å². The van der Waals surface area contributed by atoms with E-state index in [2.05, 4.69) is 28.4 Å². The van der Waals surface area contributed by atoms with Gasteiger partial charge in [0, 0.05) is 14.2 Å². The number of rotatable bonds is 13. The number of hydrogen-bond donors (Lipinski definition) is 4. The molecule has 0 radical (unpaired) electrons. The second-order valence-corrected chi connectivity index (χ2v) is 7.06. The molecule has 0 spiro atoms. The van der Waals surface area contributed by atoms with E-state index < -0.39 is 52.1 Å². The van der Waals surface area contributed by atoms with Crippen molar-refractivity contribution in [2.24, 2.45) is 0 Å². The van der Waals surface area contributed by atoms with Crippen LogP contribution < -0.4 is 5.48 Å². The van der Waals surface area contributed by atoms with Gasteiger partial charge in [-0.1, -0.05) is 12.2 Å². The van der Waals surface area contributed by atoms with Crippen molar-refractivity contribution in [1.29, 1.82) is 0 Å². The lowest BCUT2D eigenvalue weighted by atomic mass is 10.3. The number of carbonyl (C=O) groups is 2. The number of carbonyl (C=O) groups excluding carboxylic acids is 2. The molecule has 0 aliphatic carbocycles. The lowest BCUT2D eigenvalue weighted by molar-refractivity contribution is -0.208. The van der Waals surface area contributed by atoms with Gasteiger partial charge in [0.05, 0.1) is 20.4 Å². The van der Waals surface area contributed by atoms with Crippen molar-refractivity contribution in [3.63, 3.8) is 0 Å². The number of hydroxylamine groups is 1. The van der Waals surface area contributed by atoms with Gasteiger partial charge in [0.1, 0.15) is 6.10 Å². The molecule has 0 aliphatic heterocycles. The van der Waals surface area contributed by atoms with Gasteiger partial charge in [-0.2, -0.15) is 5.48 Å². The summed E-state index contributed by atoms with van der Waals surface area (Å²) in [5.41, 5.74) is 1.46. The molecule has 0 aromatic carbocycles. The third-order valence-corrected chi connectivity index (χ3v) is 4.61. The molecule has 0 aromatic rings. The summed E-state index contributed by atoms with van der Waals surface area (Å²) in [7, 11) is 1.22. The van der Waals surface area contributed by atoms with Crippen molar-refractivity contribution in [3.05, 3.63) is 12.2 Å². The van der Waals surface area contributed by atoms with Crippen molar-refractivity contribution in [2.45, 2.75) is 25.5 Å². The van der Waals surface area contributed by atoms with Gasteiger partial charge in [0.2, 0.25) is 13.6 Å². The number of nitrogens with one attached hydrogen (secondary N) is 1. The third-order valence-electron chi connectivity index (χ3n) is 2.95. The maximum Gasteiger partial charge on any atom is 0.510 e. The van der Waals surface area contributed by atoms with E-state index in [4.69, 9.17) is 24.5 Å².